The molecular weight excluding hydrogens is 298 g/mol. The number of nitrogens with zero attached hydrogens (tertiary/aromatic N) is 1. The van der Waals surface area contributed by atoms with Gasteiger partial charge in [-0.15, -0.1) is 3.98 Å². The SMILES string of the molecule is COc1ccc([N+]2=CC=C3C=c4[nH]c(=O)[nH]c4=CC3S2)cc1. The third kappa shape index (κ3) is 2.21. The molecular formula is C16H14N3O2S+. The predicted molar refractivity (Wildman–Crippen MR) is 88.0 cm³/mol. The van der Waals surface area contributed by atoms with E-state index in [1.54, 1.807) is 19.1 Å². The lowest BCUT2D eigenvalue weighted by atomic mass is 10.1. The number of aromatic nitrogens is 2. The first kappa shape index (κ1) is 13.2. The van der Waals surface area contributed by atoms with Crippen molar-refractivity contribution < 1.29 is 8.72 Å². The van der Waals surface area contributed by atoms with Gasteiger partial charge in [0.2, 0.25) is 5.69 Å². The summed E-state index contributed by atoms with van der Waals surface area (Å²) < 4.78 is 7.31. The Hall–Kier alpha value is -2.47. The van der Waals surface area contributed by atoms with Crippen LogP contribution in [0.5, 0.6) is 5.75 Å². The second kappa shape index (κ2) is 5.06. The van der Waals surface area contributed by atoms with Crippen LogP contribution < -0.4 is 21.1 Å². The number of aromatic amines is 2. The van der Waals surface area contributed by atoms with Gasteiger partial charge in [0.15, 0.2) is 18.2 Å². The lowest BCUT2D eigenvalue weighted by molar-refractivity contribution is -0.232. The van der Waals surface area contributed by atoms with Crippen molar-refractivity contribution in [1.29, 1.82) is 0 Å². The van der Waals surface area contributed by atoms with Crippen molar-refractivity contribution in [3.05, 3.63) is 57.1 Å². The molecule has 22 heavy (non-hydrogen) atoms. The molecule has 2 aromatic rings. The van der Waals surface area contributed by atoms with E-state index >= 15 is 0 Å². The highest BCUT2D eigenvalue weighted by Gasteiger charge is 2.27. The quantitative estimate of drug-likeness (QED) is 0.632. The second-order valence-corrected chi connectivity index (χ2v) is 6.20. The third-order valence-electron chi connectivity index (χ3n) is 3.70. The first-order valence-corrected chi connectivity index (χ1v) is 7.73. The van der Waals surface area contributed by atoms with Crippen molar-refractivity contribution >= 4 is 36.0 Å². The van der Waals surface area contributed by atoms with Gasteiger partial charge >= 0.3 is 5.69 Å². The summed E-state index contributed by atoms with van der Waals surface area (Å²) in [5.41, 5.74) is 2.10. The van der Waals surface area contributed by atoms with Gasteiger partial charge in [-0.25, -0.2) is 4.79 Å². The molecule has 1 aliphatic carbocycles. The van der Waals surface area contributed by atoms with Crippen LogP contribution >= 0.6 is 11.9 Å². The summed E-state index contributed by atoms with van der Waals surface area (Å²) in [7, 11) is 1.66. The maximum atomic E-state index is 11.4. The molecule has 0 spiro atoms. The number of nitrogens with one attached hydrogen (secondary N) is 2. The van der Waals surface area contributed by atoms with Crippen molar-refractivity contribution in [2.24, 2.45) is 0 Å². The van der Waals surface area contributed by atoms with Crippen LogP contribution in [0, 0.1) is 0 Å². The molecule has 1 aromatic heterocycles. The normalized spacial score (nSPS) is 19.0. The molecule has 0 saturated heterocycles. The van der Waals surface area contributed by atoms with Crippen molar-refractivity contribution in [2.75, 3.05) is 7.11 Å². The first-order valence-electron chi connectivity index (χ1n) is 6.90. The molecule has 2 aliphatic rings. The molecule has 0 fully saturated rings. The number of rotatable bonds is 2. The molecule has 1 aromatic carbocycles. The minimum absolute atomic E-state index is 0.169. The molecule has 0 amide bonds. The van der Waals surface area contributed by atoms with Crippen molar-refractivity contribution in [3.8, 4) is 5.75 Å². The molecule has 2 N–H and O–H groups in total. The number of hydrogen-bond acceptors (Lipinski definition) is 3. The fraction of sp³-hybridized carbons (Fsp3) is 0.125. The monoisotopic (exact) mass is 312 g/mol. The highest BCUT2D eigenvalue weighted by Crippen LogP contribution is 2.32. The standard InChI is InChI=1S/C16H13N3O2S/c1-21-12-4-2-11(3-5-12)19-7-6-10-8-13-14(9-15(10)22-19)18-16(20)17-13/h2-9,15H,1H3,(H,18,20)/p+1. The number of ether oxygens (including phenoxy) is 1. The molecule has 4 rings (SSSR count). The van der Waals surface area contributed by atoms with E-state index in [1.807, 2.05) is 36.6 Å². The van der Waals surface area contributed by atoms with E-state index in [2.05, 4.69) is 26.1 Å². The van der Waals surface area contributed by atoms with Crippen LogP contribution in [-0.2, 0) is 0 Å². The van der Waals surface area contributed by atoms with Gasteiger partial charge in [-0.2, -0.15) is 0 Å². The molecule has 1 atom stereocenters. The van der Waals surface area contributed by atoms with Gasteiger partial charge in [0.1, 0.15) is 11.0 Å². The van der Waals surface area contributed by atoms with E-state index in [4.69, 9.17) is 4.74 Å². The second-order valence-electron chi connectivity index (χ2n) is 5.08. The van der Waals surface area contributed by atoms with Gasteiger partial charge in [-0.05, 0) is 29.9 Å². The van der Waals surface area contributed by atoms with Crippen LogP contribution in [0.15, 0.2) is 40.7 Å². The van der Waals surface area contributed by atoms with Crippen molar-refractivity contribution in [1.82, 2.24) is 9.97 Å². The average molecular weight is 312 g/mol. The Kier molecular flexibility index (Phi) is 3.04. The Balaban J connectivity index is 1.71. The number of hydrogen-bond donors (Lipinski definition) is 2. The van der Waals surface area contributed by atoms with Gasteiger partial charge in [0, 0.05) is 18.2 Å². The summed E-state index contributed by atoms with van der Waals surface area (Å²) in [6.45, 7) is 0. The zero-order valence-electron chi connectivity index (χ0n) is 11.9. The molecule has 5 nitrogen and oxygen atoms in total. The number of H-pyrrole nitrogens is 2. The van der Waals surface area contributed by atoms with Crippen LogP contribution in [0.1, 0.15) is 0 Å². The largest absolute Gasteiger partial charge is 0.497 e. The van der Waals surface area contributed by atoms with Gasteiger partial charge in [-0.1, -0.05) is 0 Å². The Labute approximate surface area is 130 Å². The van der Waals surface area contributed by atoms with Crippen LogP contribution in [0.25, 0.3) is 12.2 Å². The lowest BCUT2D eigenvalue weighted by Gasteiger charge is -2.15. The van der Waals surface area contributed by atoms with E-state index in [0.29, 0.717) is 0 Å². The Morgan fingerprint density at radius 2 is 1.95 bits per heavy atom. The highest BCUT2D eigenvalue weighted by molar-refractivity contribution is 7.94. The predicted octanol–water partition coefficient (Wildman–Crippen LogP) is 0.658. The van der Waals surface area contributed by atoms with E-state index in [0.717, 1.165) is 22.1 Å². The Morgan fingerprint density at radius 1 is 1.18 bits per heavy atom. The van der Waals surface area contributed by atoms with Gasteiger partial charge in [-0.3, -0.25) is 0 Å². The average Bonchev–Trinajstić information content (AvgIpc) is 2.91. The number of fused-ring (bicyclic) bond motifs is 2. The number of methoxy groups -OCH3 is 1. The third-order valence-corrected chi connectivity index (χ3v) is 4.90. The molecule has 0 bridgehead atoms. The fourth-order valence-electron chi connectivity index (χ4n) is 2.57. The number of allylic oxidation sites excluding steroid dienone is 1. The molecule has 1 aliphatic heterocycles. The summed E-state index contributed by atoms with van der Waals surface area (Å²) in [4.78, 5) is 17.0. The van der Waals surface area contributed by atoms with Crippen LogP contribution in [0.3, 0.4) is 0 Å². The summed E-state index contributed by atoms with van der Waals surface area (Å²) in [5.74, 6) is 0.842. The molecule has 0 radical (unpaired) electrons. The van der Waals surface area contributed by atoms with Gasteiger partial charge in [0.05, 0.1) is 17.8 Å². The summed E-state index contributed by atoms with van der Waals surface area (Å²) in [6, 6.07) is 7.94. The molecule has 0 saturated carbocycles. The lowest BCUT2D eigenvalue weighted by Crippen LogP contribution is -2.32. The fourth-order valence-corrected chi connectivity index (χ4v) is 3.66. The van der Waals surface area contributed by atoms with Crippen LogP contribution in [-0.4, -0.2) is 32.5 Å². The van der Waals surface area contributed by atoms with Gasteiger partial charge < -0.3 is 14.7 Å². The van der Waals surface area contributed by atoms with Crippen molar-refractivity contribution in [3.63, 3.8) is 0 Å². The zero-order valence-corrected chi connectivity index (χ0v) is 12.7. The maximum Gasteiger partial charge on any atom is 0.323 e. The summed E-state index contributed by atoms with van der Waals surface area (Å²) in [6.07, 6.45) is 8.22. The Morgan fingerprint density at radius 3 is 2.73 bits per heavy atom. The Bertz CT molecular complexity index is 964. The minimum Gasteiger partial charge on any atom is -0.497 e. The summed E-state index contributed by atoms with van der Waals surface area (Å²) in [5, 5.41) is 1.89. The molecule has 110 valence electrons. The van der Waals surface area contributed by atoms with Crippen molar-refractivity contribution in [2.45, 2.75) is 5.25 Å². The molecule has 2 heterocycles. The summed E-state index contributed by atoms with van der Waals surface area (Å²) >= 11 is 1.70. The van der Waals surface area contributed by atoms with Crippen LogP contribution in [0.4, 0.5) is 5.69 Å². The molecule has 6 heteroatoms. The van der Waals surface area contributed by atoms with Crippen LogP contribution in [0.2, 0.25) is 0 Å². The number of imidazole rings is 1. The minimum atomic E-state index is -0.169. The number of benzene rings is 1. The van der Waals surface area contributed by atoms with Gasteiger partial charge in [0.25, 0.3) is 0 Å². The van der Waals surface area contributed by atoms with E-state index in [1.165, 1.54) is 5.57 Å². The van der Waals surface area contributed by atoms with E-state index in [-0.39, 0.29) is 10.9 Å². The topological polar surface area (TPSA) is 60.9 Å². The maximum absolute atomic E-state index is 11.4. The smallest absolute Gasteiger partial charge is 0.323 e. The van der Waals surface area contributed by atoms with E-state index in [9.17, 15) is 4.79 Å². The molecule has 1 unspecified atom stereocenters. The highest BCUT2D eigenvalue weighted by atomic mass is 32.2. The first-order chi connectivity index (χ1) is 10.7. The van der Waals surface area contributed by atoms with E-state index < -0.39 is 0 Å². The zero-order chi connectivity index (χ0) is 15.1.